The molecule has 0 bridgehead atoms. The molecule has 0 radical (unpaired) electrons. The number of benzene rings is 2. The number of nitrogens with one attached hydrogen (secondary N) is 2. The number of piperidine rings is 1. The molecule has 2 heterocycles. The van der Waals surface area contributed by atoms with Crippen LogP contribution < -0.4 is 10.6 Å². The second-order valence-electron chi connectivity index (χ2n) is 10.1. The molecule has 4 rings (SSSR count). The summed E-state index contributed by atoms with van der Waals surface area (Å²) in [5, 5.41) is 6.13. The molecule has 0 aromatic heterocycles. The average molecular weight is 492 g/mol. The highest BCUT2D eigenvalue weighted by molar-refractivity contribution is 5.94. The second kappa shape index (κ2) is 12.9. The maximum atomic E-state index is 12.9. The van der Waals surface area contributed by atoms with Crippen molar-refractivity contribution >= 4 is 17.6 Å². The lowest BCUT2D eigenvalue weighted by atomic mass is 9.89. The van der Waals surface area contributed by atoms with E-state index in [9.17, 15) is 9.59 Å². The van der Waals surface area contributed by atoms with Gasteiger partial charge >= 0.3 is 6.03 Å². The minimum atomic E-state index is -0.0572. The zero-order valence-corrected chi connectivity index (χ0v) is 21.8. The summed E-state index contributed by atoms with van der Waals surface area (Å²) in [6.07, 6.45) is 3.92. The summed E-state index contributed by atoms with van der Waals surface area (Å²) in [6.45, 7) is 9.69. The summed E-state index contributed by atoms with van der Waals surface area (Å²) in [7, 11) is 2.16. The van der Waals surface area contributed by atoms with Gasteiger partial charge in [0.2, 0.25) is 0 Å². The van der Waals surface area contributed by atoms with Gasteiger partial charge in [-0.05, 0) is 74.7 Å². The molecular formula is C29H41N5O2. The summed E-state index contributed by atoms with van der Waals surface area (Å²) in [5.74, 6) is 0.216. The highest BCUT2D eigenvalue weighted by atomic mass is 16.2. The number of nitrogens with zero attached hydrogens (tertiary/aromatic N) is 3. The Balaban J connectivity index is 1.26. The van der Waals surface area contributed by atoms with Crippen molar-refractivity contribution < 1.29 is 9.59 Å². The van der Waals surface area contributed by atoms with Crippen molar-refractivity contribution in [1.29, 1.82) is 0 Å². The van der Waals surface area contributed by atoms with Crippen molar-refractivity contribution in [3.05, 3.63) is 65.2 Å². The van der Waals surface area contributed by atoms with E-state index in [2.05, 4.69) is 52.6 Å². The van der Waals surface area contributed by atoms with Crippen LogP contribution in [0.4, 0.5) is 10.5 Å². The Bertz CT molecular complexity index is 1000. The summed E-state index contributed by atoms with van der Waals surface area (Å²) in [5.41, 5.74) is 3.91. The maximum absolute atomic E-state index is 12.9. The highest BCUT2D eigenvalue weighted by Gasteiger charge is 2.25. The zero-order valence-electron chi connectivity index (χ0n) is 21.8. The van der Waals surface area contributed by atoms with Gasteiger partial charge in [0.25, 0.3) is 5.91 Å². The fourth-order valence-corrected chi connectivity index (χ4v) is 5.07. The van der Waals surface area contributed by atoms with Crippen molar-refractivity contribution in [1.82, 2.24) is 20.0 Å². The van der Waals surface area contributed by atoms with Gasteiger partial charge in [-0.25, -0.2) is 4.79 Å². The van der Waals surface area contributed by atoms with Gasteiger partial charge in [0.15, 0.2) is 0 Å². The van der Waals surface area contributed by atoms with Gasteiger partial charge in [0.05, 0.1) is 0 Å². The van der Waals surface area contributed by atoms with E-state index >= 15 is 0 Å². The molecule has 2 aliphatic heterocycles. The standard InChI is InChI=1S/C29H41N5O2/c1-3-23-10-12-27(13-11-23)31-29(36)34-16-5-9-26(22-34)24-7-4-8-25(21-24)28(35)30-14-6-15-33-19-17-32(2)18-20-33/h4,7-8,10-13,21,26H,3,5-6,9,14-20,22H2,1-2H3,(H,30,35)(H,31,36)/t26-/m0/s1. The minimum absolute atomic E-state index is 0.0174. The molecular weight excluding hydrogens is 450 g/mol. The van der Waals surface area contributed by atoms with Crippen molar-refractivity contribution in [2.45, 2.75) is 38.5 Å². The van der Waals surface area contributed by atoms with Gasteiger partial charge in [0.1, 0.15) is 0 Å². The lowest BCUT2D eigenvalue weighted by Crippen LogP contribution is -2.45. The summed E-state index contributed by atoms with van der Waals surface area (Å²) in [4.78, 5) is 32.4. The molecule has 0 aliphatic carbocycles. The molecule has 2 saturated heterocycles. The Kier molecular flexibility index (Phi) is 9.36. The fourth-order valence-electron chi connectivity index (χ4n) is 5.07. The van der Waals surface area contributed by atoms with E-state index in [1.54, 1.807) is 0 Å². The molecule has 7 heteroatoms. The van der Waals surface area contributed by atoms with Crippen LogP contribution in [0.5, 0.6) is 0 Å². The van der Waals surface area contributed by atoms with Crippen molar-refractivity contribution in [2.75, 3.05) is 64.7 Å². The number of amides is 3. The van der Waals surface area contributed by atoms with Gasteiger partial charge in [-0.15, -0.1) is 0 Å². The Morgan fingerprint density at radius 2 is 1.78 bits per heavy atom. The van der Waals surface area contributed by atoms with E-state index in [4.69, 9.17) is 0 Å². The van der Waals surface area contributed by atoms with Gasteiger partial charge in [0, 0.05) is 63.0 Å². The SMILES string of the molecule is CCc1ccc(NC(=O)N2CCC[C@H](c3cccc(C(=O)NCCCN4CCN(C)CC4)c3)C2)cc1. The van der Waals surface area contributed by atoms with E-state index in [0.717, 1.165) is 76.2 Å². The molecule has 2 fully saturated rings. The van der Waals surface area contributed by atoms with E-state index in [-0.39, 0.29) is 17.9 Å². The number of anilines is 1. The number of likely N-dealkylation sites (N-methyl/N-ethyl adjacent to an activating group) is 1. The number of carbonyl (C=O) groups is 2. The van der Waals surface area contributed by atoms with Gasteiger partial charge in [-0.3, -0.25) is 4.79 Å². The topological polar surface area (TPSA) is 67.9 Å². The van der Waals surface area contributed by atoms with Crippen molar-refractivity contribution in [3.8, 4) is 0 Å². The highest BCUT2D eigenvalue weighted by Crippen LogP contribution is 2.28. The van der Waals surface area contributed by atoms with Crippen LogP contribution in [0.15, 0.2) is 48.5 Å². The number of urea groups is 1. The molecule has 1 atom stereocenters. The average Bonchev–Trinajstić information content (AvgIpc) is 2.92. The molecule has 2 aromatic carbocycles. The number of hydrogen-bond donors (Lipinski definition) is 2. The minimum Gasteiger partial charge on any atom is -0.352 e. The predicted molar refractivity (Wildman–Crippen MR) is 146 cm³/mol. The van der Waals surface area contributed by atoms with Crippen LogP contribution in [0.3, 0.4) is 0 Å². The van der Waals surface area contributed by atoms with Crippen LogP contribution in [0.25, 0.3) is 0 Å². The first-order valence-corrected chi connectivity index (χ1v) is 13.5. The normalized spacial score (nSPS) is 19.2. The summed E-state index contributed by atoms with van der Waals surface area (Å²) in [6, 6.07) is 15.9. The molecule has 0 spiro atoms. The monoisotopic (exact) mass is 491 g/mol. The van der Waals surface area contributed by atoms with Gasteiger partial charge < -0.3 is 25.3 Å². The third kappa shape index (κ3) is 7.31. The number of piperazine rings is 1. The van der Waals surface area contributed by atoms with E-state index in [1.807, 2.05) is 35.2 Å². The third-order valence-corrected chi connectivity index (χ3v) is 7.47. The van der Waals surface area contributed by atoms with Crippen LogP contribution >= 0.6 is 0 Å². The lowest BCUT2D eigenvalue weighted by molar-refractivity contribution is 0.0949. The Labute approximate surface area is 215 Å². The second-order valence-corrected chi connectivity index (χ2v) is 10.1. The first-order valence-electron chi connectivity index (χ1n) is 13.5. The molecule has 194 valence electrons. The molecule has 3 amide bonds. The number of aryl methyl sites for hydroxylation is 1. The fraction of sp³-hybridized carbons (Fsp3) is 0.517. The zero-order chi connectivity index (χ0) is 25.3. The van der Waals surface area contributed by atoms with E-state index < -0.39 is 0 Å². The van der Waals surface area contributed by atoms with Crippen LogP contribution in [0.2, 0.25) is 0 Å². The van der Waals surface area contributed by atoms with E-state index in [1.165, 1.54) is 5.56 Å². The Morgan fingerprint density at radius 3 is 2.53 bits per heavy atom. The molecule has 0 unspecified atom stereocenters. The quantitative estimate of drug-likeness (QED) is 0.547. The molecule has 2 N–H and O–H groups in total. The lowest BCUT2D eigenvalue weighted by Gasteiger charge is -2.33. The maximum Gasteiger partial charge on any atom is 0.321 e. The van der Waals surface area contributed by atoms with Crippen LogP contribution in [0.1, 0.15) is 53.6 Å². The Hall–Kier alpha value is -2.90. The van der Waals surface area contributed by atoms with Gasteiger partial charge in [-0.2, -0.15) is 0 Å². The number of carbonyl (C=O) groups excluding carboxylic acids is 2. The van der Waals surface area contributed by atoms with Crippen molar-refractivity contribution in [3.63, 3.8) is 0 Å². The molecule has 2 aliphatic rings. The molecule has 2 aromatic rings. The van der Waals surface area contributed by atoms with Crippen molar-refractivity contribution in [2.24, 2.45) is 0 Å². The number of hydrogen-bond acceptors (Lipinski definition) is 4. The summed E-state index contributed by atoms with van der Waals surface area (Å²) < 4.78 is 0. The summed E-state index contributed by atoms with van der Waals surface area (Å²) >= 11 is 0. The van der Waals surface area contributed by atoms with E-state index in [0.29, 0.717) is 18.7 Å². The largest absolute Gasteiger partial charge is 0.352 e. The molecule has 0 saturated carbocycles. The Morgan fingerprint density at radius 1 is 1.00 bits per heavy atom. The van der Waals surface area contributed by atoms with Gasteiger partial charge in [-0.1, -0.05) is 31.2 Å². The molecule has 36 heavy (non-hydrogen) atoms. The van der Waals surface area contributed by atoms with Crippen LogP contribution in [0, 0.1) is 0 Å². The van der Waals surface area contributed by atoms with Crippen LogP contribution in [-0.4, -0.2) is 86.0 Å². The number of likely N-dealkylation sites (tertiary alicyclic amines) is 1. The predicted octanol–water partition coefficient (Wildman–Crippen LogP) is 4.03. The third-order valence-electron chi connectivity index (χ3n) is 7.47. The first-order chi connectivity index (χ1) is 17.5. The smallest absolute Gasteiger partial charge is 0.321 e. The number of rotatable bonds is 8. The van der Waals surface area contributed by atoms with Crippen LogP contribution in [-0.2, 0) is 6.42 Å². The first kappa shape index (κ1) is 26.2. The molecule has 7 nitrogen and oxygen atoms in total.